The van der Waals surface area contributed by atoms with Gasteiger partial charge in [-0.3, -0.25) is 0 Å². The van der Waals surface area contributed by atoms with Crippen LogP contribution in [0.5, 0.6) is 5.75 Å². The van der Waals surface area contributed by atoms with E-state index in [0.29, 0.717) is 11.6 Å². The quantitative estimate of drug-likeness (QED) is 0.686. The summed E-state index contributed by atoms with van der Waals surface area (Å²) in [5.74, 6) is 0.779. The highest BCUT2D eigenvalue weighted by Gasteiger charge is 2.08. The molecule has 0 spiro atoms. The molecule has 0 aliphatic heterocycles. The van der Waals surface area contributed by atoms with Crippen molar-refractivity contribution in [3.63, 3.8) is 0 Å². The molecule has 0 unspecified atom stereocenters. The standard InChI is InChI=1S/C18H15ClN2O/c1-14(21-10-9-20-13-21)17-7-2-3-8-18(17)22-12-15-5-4-6-16(19)11-15/h2-11,13H,1,12H2. The Hall–Kier alpha value is -2.52. The molecule has 0 fully saturated rings. The second kappa shape index (κ2) is 6.50. The maximum absolute atomic E-state index is 6.00. The fraction of sp³-hybridized carbons (Fsp3) is 0.0556. The molecule has 110 valence electrons. The lowest BCUT2D eigenvalue weighted by Gasteiger charge is -2.14. The van der Waals surface area contributed by atoms with Crippen molar-refractivity contribution in [2.24, 2.45) is 0 Å². The van der Waals surface area contributed by atoms with Crippen LogP contribution >= 0.6 is 11.6 Å². The Balaban J connectivity index is 1.81. The summed E-state index contributed by atoms with van der Waals surface area (Å²) in [5, 5.41) is 0.706. The lowest BCUT2D eigenvalue weighted by Crippen LogP contribution is -2.01. The number of imidazole rings is 1. The molecule has 0 saturated heterocycles. The van der Waals surface area contributed by atoms with Crippen molar-refractivity contribution in [2.45, 2.75) is 6.61 Å². The lowest BCUT2D eigenvalue weighted by atomic mass is 10.1. The van der Waals surface area contributed by atoms with Crippen LogP contribution in [0.4, 0.5) is 0 Å². The van der Waals surface area contributed by atoms with Crippen molar-refractivity contribution < 1.29 is 4.74 Å². The minimum absolute atomic E-state index is 0.453. The average molecular weight is 311 g/mol. The van der Waals surface area contributed by atoms with Gasteiger partial charge in [0.05, 0.1) is 12.0 Å². The summed E-state index contributed by atoms with van der Waals surface area (Å²) in [7, 11) is 0. The van der Waals surface area contributed by atoms with Crippen LogP contribution in [0, 0.1) is 0 Å². The Kier molecular flexibility index (Phi) is 4.26. The number of aromatic nitrogens is 2. The first-order valence-corrected chi connectivity index (χ1v) is 7.26. The summed E-state index contributed by atoms with van der Waals surface area (Å²) in [5.41, 5.74) is 2.78. The summed E-state index contributed by atoms with van der Waals surface area (Å²) in [6.07, 6.45) is 5.30. The molecule has 0 saturated carbocycles. The Bertz CT molecular complexity index is 781. The van der Waals surface area contributed by atoms with Crippen LogP contribution in [0.1, 0.15) is 11.1 Å². The number of rotatable bonds is 5. The van der Waals surface area contributed by atoms with Gasteiger partial charge in [0.2, 0.25) is 0 Å². The van der Waals surface area contributed by atoms with Crippen LogP contribution in [0.3, 0.4) is 0 Å². The Morgan fingerprint density at radius 1 is 1.18 bits per heavy atom. The highest BCUT2D eigenvalue weighted by atomic mass is 35.5. The van der Waals surface area contributed by atoms with Gasteiger partial charge >= 0.3 is 0 Å². The molecule has 1 aromatic heterocycles. The molecule has 0 bridgehead atoms. The summed E-state index contributed by atoms with van der Waals surface area (Å²) in [6, 6.07) is 15.5. The number of nitrogens with zero attached hydrogens (tertiary/aromatic N) is 2. The van der Waals surface area contributed by atoms with E-state index in [1.54, 1.807) is 12.5 Å². The Morgan fingerprint density at radius 3 is 2.82 bits per heavy atom. The molecule has 1 heterocycles. The Morgan fingerprint density at radius 2 is 2.05 bits per heavy atom. The second-order valence-electron chi connectivity index (χ2n) is 4.83. The van der Waals surface area contributed by atoms with E-state index < -0.39 is 0 Å². The van der Waals surface area contributed by atoms with Gasteiger partial charge in [0, 0.05) is 23.0 Å². The van der Waals surface area contributed by atoms with Gasteiger partial charge in [-0.05, 0) is 29.8 Å². The molecule has 3 nitrogen and oxygen atoms in total. The predicted octanol–water partition coefficient (Wildman–Crippen LogP) is 4.63. The van der Waals surface area contributed by atoms with E-state index >= 15 is 0 Å². The molecule has 3 rings (SSSR count). The second-order valence-corrected chi connectivity index (χ2v) is 5.27. The molecule has 3 aromatic rings. The zero-order chi connectivity index (χ0) is 15.4. The summed E-state index contributed by atoms with van der Waals surface area (Å²) in [4.78, 5) is 4.05. The van der Waals surface area contributed by atoms with Gasteiger partial charge in [0.1, 0.15) is 12.4 Å². The van der Waals surface area contributed by atoms with Crippen molar-refractivity contribution in [3.8, 4) is 5.75 Å². The van der Waals surface area contributed by atoms with Gasteiger partial charge in [0.15, 0.2) is 0 Å². The minimum atomic E-state index is 0.453. The van der Waals surface area contributed by atoms with Gasteiger partial charge in [0.25, 0.3) is 0 Å². The molecule has 4 heteroatoms. The fourth-order valence-electron chi connectivity index (χ4n) is 2.18. The lowest BCUT2D eigenvalue weighted by molar-refractivity contribution is 0.305. The third-order valence-electron chi connectivity index (χ3n) is 3.30. The van der Waals surface area contributed by atoms with E-state index in [1.165, 1.54) is 0 Å². The number of hydrogen-bond donors (Lipinski definition) is 0. The minimum Gasteiger partial charge on any atom is -0.488 e. The molecule has 0 aliphatic carbocycles. The molecule has 0 N–H and O–H groups in total. The first-order chi connectivity index (χ1) is 10.7. The van der Waals surface area contributed by atoms with Crippen molar-refractivity contribution in [1.82, 2.24) is 9.55 Å². The van der Waals surface area contributed by atoms with Gasteiger partial charge in [-0.15, -0.1) is 0 Å². The number of ether oxygens (including phenoxy) is 1. The molecular formula is C18H15ClN2O. The van der Waals surface area contributed by atoms with Crippen LogP contribution in [-0.2, 0) is 6.61 Å². The predicted molar refractivity (Wildman–Crippen MR) is 88.9 cm³/mol. The normalized spacial score (nSPS) is 10.4. The van der Waals surface area contributed by atoms with Crippen molar-refractivity contribution in [3.05, 3.63) is 90.0 Å². The van der Waals surface area contributed by atoms with Crippen LogP contribution in [-0.4, -0.2) is 9.55 Å². The summed E-state index contributed by atoms with van der Waals surface area (Å²) >= 11 is 6.00. The number of para-hydroxylation sites is 1. The monoisotopic (exact) mass is 310 g/mol. The van der Waals surface area contributed by atoms with Crippen molar-refractivity contribution in [2.75, 3.05) is 0 Å². The third-order valence-corrected chi connectivity index (χ3v) is 3.53. The summed E-state index contributed by atoms with van der Waals surface area (Å²) in [6.45, 7) is 4.57. The zero-order valence-corrected chi connectivity index (χ0v) is 12.7. The van der Waals surface area contributed by atoms with E-state index in [-0.39, 0.29) is 0 Å². The Labute approximate surface area is 134 Å². The van der Waals surface area contributed by atoms with E-state index in [2.05, 4.69) is 11.6 Å². The molecule has 2 aromatic carbocycles. The maximum atomic E-state index is 6.00. The first kappa shape index (κ1) is 14.4. The van der Waals surface area contributed by atoms with E-state index in [1.807, 2.05) is 59.3 Å². The number of benzene rings is 2. The van der Waals surface area contributed by atoms with Crippen LogP contribution in [0.25, 0.3) is 5.70 Å². The maximum Gasteiger partial charge on any atom is 0.129 e. The summed E-state index contributed by atoms with van der Waals surface area (Å²) < 4.78 is 7.81. The van der Waals surface area contributed by atoms with Gasteiger partial charge in [-0.25, -0.2) is 4.98 Å². The van der Waals surface area contributed by atoms with Crippen molar-refractivity contribution in [1.29, 1.82) is 0 Å². The fourth-order valence-corrected chi connectivity index (χ4v) is 2.39. The van der Waals surface area contributed by atoms with Gasteiger partial charge in [-0.2, -0.15) is 0 Å². The highest BCUT2D eigenvalue weighted by Crippen LogP contribution is 2.26. The SMILES string of the molecule is C=C(c1ccccc1OCc1cccc(Cl)c1)n1ccnc1. The van der Waals surface area contributed by atoms with E-state index in [4.69, 9.17) is 16.3 Å². The van der Waals surface area contributed by atoms with Crippen LogP contribution < -0.4 is 4.74 Å². The first-order valence-electron chi connectivity index (χ1n) is 6.88. The highest BCUT2D eigenvalue weighted by molar-refractivity contribution is 6.30. The average Bonchev–Trinajstić information content (AvgIpc) is 3.07. The largest absolute Gasteiger partial charge is 0.488 e. The zero-order valence-electron chi connectivity index (χ0n) is 11.9. The van der Waals surface area contributed by atoms with Gasteiger partial charge in [-0.1, -0.05) is 42.4 Å². The molecular weight excluding hydrogens is 296 g/mol. The van der Waals surface area contributed by atoms with E-state index in [9.17, 15) is 0 Å². The molecule has 0 amide bonds. The van der Waals surface area contributed by atoms with Gasteiger partial charge < -0.3 is 9.30 Å². The topological polar surface area (TPSA) is 27.1 Å². The number of hydrogen-bond acceptors (Lipinski definition) is 2. The molecule has 0 radical (unpaired) electrons. The van der Waals surface area contributed by atoms with Crippen LogP contribution in [0.2, 0.25) is 5.02 Å². The molecule has 0 atom stereocenters. The molecule has 22 heavy (non-hydrogen) atoms. The van der Waals surface area contributed by atoms with Crippen LogP contribution in [0.15, 0.2) is 73.8 Å². The molecule has 0 aliphatic rings. The van der Waals surface area contributed by atoms with E-state index in [0.717, 1.165) is 22.6 Å². The smallest absolute Gasteiger partial charge is 0.129 e. The third kappa shape index (κ3) is 3.21. The van der Waals surface area contributed by atoms with Crippen molar-refractivity contribution >= 4 is 17.3 Å². The number of halogens is 1.